The number of hydrogen-bond acceptors (Lipinski definition) is 5. The van der Waals surface area contributed by atoms with Crippen LogP contribution in [0.15, 0.2) is 24.3 Å². The van der Waals surface area contributed by atoms with E-state index in [0.717, 1.165) is 37.9 Å². The average molecular weight is 357 g/mol. The smallest absolute Gasteiger partial charge is 0.235 e. The van der Waals surface area contributed by atoms with Crippen molar-refractivity contribution in [3.63, 3.8) is 0 Å². The van der Waals surface area contributed by atoms with Gasteiger partial charge in [0, 0.05) is 25.3 Å². The van der Waals surface area contributed by atoms with Gasteiger partial charge in [0.25, 0.3) is 0 Å². The Balaban J connectivity index is 1.65. The van der Waals surface area contributed by atoms with Crippen LogP contribution in [0.5, 0.6) is 5.75 Å². The van der Waals surface area contributed by atoms with Gasteiger partial charge in [0.15, 0.2) is 0 Å². The fraction of sp³-hybridized carbons (Fsp3) is 0.600. The Morgan fingerprint density at radius 3 is 2.81 bits per heavy atom. The first kappa shape index (κ1) is 18.7. The second kappa shape index (κ2) is 8.07. The number of nitrogens with one attached hydrogen (secondary N) is 1. The third-order valence-electron chi connectivity index (χ3n) is 5.26. The van der Waals surface area contributed by atoms with E-state index in [1.165, 1.54) is 0 Å². The molecule has 3 rings (SSSR count). The quantitative estimate of drug-likeness (QED) is 0.745. The van der Waals surface area contributed by atoms with Crippen molar-refractivity contribution in [2.45, 2.75) is 50.8 Å². The van der Waals surface area contributed by atoms with Crippen molar-refractivity contribution in [1.82, 2.24) is 10.2 Å². The lowest BCUT2D eigenvalue weighted by atomic mass is 9.98. The molecule has 26 heavy (non-hydrogen) atoms. The van der Waals surface area contributed by atoms with Crippen LogP contribution in [0.2, 0.25) is 0 Å². The Morgan fingerprint density at radius 2 is 2.19 bits per heavy atom. The maximum Gasteiger partial charge on any atom is 0.235 e. The first-order valence-electron chi connectivity index (χ1n) is 9.33. The molecule has 6 nitrogen and oxygen atoms in total. The van der Waals surface area contributed by atoms with Gasteiger partial charge in [0.2, 0.25) is 5.91 Å². The summed E-state index contributed by atoms with van der Waals surface area (Å²) in [5, 5.41) is 22.4. The van der Waals surface area contributed by atoms with E-state index in [0.29, 0.717) is 13.1 Å². The third kappa shape index (κ3) is 4.75. The number of amides is 1. The number of nitrogens with zero attached hydrogens (tertiary/aromatic N) is 2. The standard InChI is InChI=1S/C20H27N3O3/c1-20(14-21,16-8-9-16)22-19(25)13-23(12-17-6-4-10-26-17)11-15-5-2-3-7-18(15)24/h2-3,5,7,16-17,24H,4,6,8-13H2,1H3,(H,22,25)/t17-,20-/m1/s1. The van der Waals surface area contributed by atoms with Crippen LogP contribution in [0, 0.1) is 17.2 Å². The number of carbonyl (C=O) groups is 1. The van der Waals surface area contributed by atoms with Crippen LogP contribution in [0.4, 0.5) is 0 Å². The molecular weight excluding hydrogens is 330 g/mol. The molecule has 0 aromatic heterocycles. The molecule has 1 aliphatic carbocycles. The minimum atomic E-state index is -0.790. The summed E-state index contributed by atoms with van der Waals surface area (Å²) in [6.07, 6.45) is 4.11. The zero-order valence-corrected chi connectivity index (χ0v) is 15.3. The predicted octanol–water partition coefficient (Wildman–Crippen LogP) is 2.18. The number of aromatic hydroxyl groups is 1. The van der Waals surface area contributed by atoms with Gasteiger partial charge in [-0.2, -0.15) is 5.26 Å². The molecule has 2 atom stereocenters. The van der Waals surface area contributed by atoms with Gasteiger partial charge < -0.3 is 15.2 Å². The number of benzene rings is 1. The van der Waals surface area contributed by atoms with E-state index in [4.69, 9.17) is 4.74 Å². The number of ether oxygens (including phenoxy) is 1. The van der Waals surface area contributed by atoms with Crippen LogP contribution in [0.3, 0.4) is 0 Å². The Labute approximate surface area is 154 Å². The van der Waals surface area contributed by atoms with Gasteiger partial charge >= 0.3 is 0 Å². The van der Waals surface area contributed by atoms with E-state index in [1.54, 1.807) is 19.1 Å². The summed E-state index contributed by atoms with van der Waals surface area (Å²) in [5.74, 6) is 0.320. The molecule has 2 N–H and O–H groups in total. The van der Waals surface area contributed by atoms with Crippen LogP contribution in [0.25, 0.3) is 0 Å². The Hall–Kier alpha value is -2.10. The highest BCUT2D eigenvalue weighted by molar-refractivity contribution is 5.79. The van der Waals surface area contributed by atoms with E-state index in [2.05, 4.69) is 11.4 Å². The first-order chi connectivity index (χ1) is 12.5. The summed E-state index contributed by atoms with van der Waals surface area (Å²) in [5.41, 5.74) is -0.00913. The normalized spacial score (nSPS) is 22.0. The zero-order chi connectivity index (χ0) is 18.6. The lowest BCUT2D eigenvalue weighted by Crippen LogP contribution is -2.50. The van der Waals surface area contributed by atoms with Gasteiger partial charge in [-0.1, -0.05) is 18.2 Å². The molecule has 2 aliphatic rings. The highest BCUT2D eigenvalue weighted by Crippen LogP contribution is 2.39. The molecule has 1 amide bonds. The van der Waals surface area contributed by atoms with Crippen molar-refractivity contribution in [2.75, 3.05) is 19.7 Å². The molecule has 1 saturated carbocycles. The molecule has 1 aromatic rings. The second-order valence-electron chi connectivity index (χ2n) is 7.57. The number of para-hydroxylation sites is 1. The molecule has 1 aliphatic heterocycles. The van der Waals surface area contributed by atoms with E-state index < -0.39 is 5.54 Å². The number of phenolic OH excluding ortho intramolecular Hbond substituents is 1. The molecule has 2 fully saturated rings. The molecule has 0 radical (unpaired) electrons. The summed E-state index contributed by atoms with van der Waals surface area (Å²) in [6.45, 7) is 3.84. The van der Waals surface area contributed by atoms with E-state index >= 15 is 0 Å². The average Bonchev–Trinajstić information content (AvgIpc) is 3.36. The maximum atomic E-state index is 12.6. The first-order valence-corrected chi connectivity index (χ1v) is 9.33. The number of carbonyl (C=O) groups excluding carboxylic acids is 1. The molecule has 1 saturated heterocycles. The minimum Gasteiger partial charge on any atom is -0.508 e. The van der Waals surface area contributed by atoms with Crippen LogP contribution >= 0.6 is 0 Å². The number of nitriles is 1. The largest absolute Gasteiger partial charge is 0.508 e. The number of hydrogen-bond donors (Lipinski definition) is 2. The van der Waals surface area contributed by atoms with Crippen molar-refractivity contribution in [2.24, 2.45) is 5.92 Å². The summed E-state index contributed by atoms with van der Waals surface area (Å²) < 4.78 is 5.72. The molecule has 1 heterocycles. The van der Waals surface area contributed by atoms with Gasteiger partial charge in [-0.15, -0.1) is 0 Å². The van der Waals surface area contributed by atoms with E-state index in [9.17, 15) is 15.2 Å². The van der Waals surface area contributed by atoms with Gasteiger partial charge in [0.05, 0.1) is 18.7 Å². The van der Waals surface area contributed by atoms with Crippen molar-refractivity contribution in [3.8, 4) is 11.8 Å². The Kier molecular flexibility index (Phi) is 5.80. The molecule has 0 spiro atoms. The molecule has 0 bridgehead atoms. The maximum absolute atomic E-state index is 12.6. The van der Waals surface area contributed by atoms with Gasteiger partial charge in [-0.3, -0.25) is 9.69 Å². The fourth-order valence-corrected chi connectivity index (χ4v) is 3.56. The monoisotopic (exact) mass is 357 g/mol. The predicted molar refractivity (Wildman–Crippen MR) is 97.2 cm³/mol. The van der Waals surface area contributed by atoms with Gasteiger partial charge in [-0.25, -0.2) is 0 Å². The van der Waals surface area contributed by atoms with E-state index in [-0.39, 0.29) is 30.2 Å². The lowest BCUT2D eigenvalue weighted by molar-refractivity contribution is -0.124. The molecular formula is C20H27N3O3. The van der Waals surface area contributed by atoms with Crippen LogP contribution in [-0.4, -0.2) is 47.3 Å². The number of phenols is 1. The van der Waals surface area contributed by atoms with Gasteiger partial charge in [-0.05, 0) is 44.6 Å². The molecule has 140 valence electrons. The third-order valence-corrected chi connectivity index (χ3v) is 5.26. The van der Waals surface area contributed by atoms with Crippen molar-refractivity contribution in [1.29, 1.82) is 5.26 Å². The van der Waals surface area contributed by atoms with Crippen LogP contribution in [-0.2, 0) is 16.1 Å². The van der Waals surface area contributed by atoms with Crippen molar-refractivity contribution >= 4 is 5.91 Å². The second-order valence-corrected chi connectivity index (χ2v) is 7.57. The highest BCUT2D eigenvalue weighted by atomic mass is 16.5. The summed E-state index contributed by atoms with van der Waals surface area (Å²) >= 11 is 0. The van der Waals surface area contributed by atoms with E-state index in [1.807, 2.05) is 17.0 Å². The summed E-state index contributed by atoms with van der Waals surface area (Å²) in [4.78, 5) is 14.6. The highest BCUT2D eigenvalue weighted by Gasteiger charge is 2.43. The number of rotatable bonds is 8. The zero-order valence-electron chi connectivity index (χ0n) is 15.3. The fourth-order valence-electron chi connectivity index (χ4n) is 3.56. The Morgan fingerprint density at radius 1 is 1.42 bits per heavy atom. The molecule has 6 heteroatoms. The SMILES string of the molecule is C[C@](C#N)(NC(=O)CN(Cc1ccccc1O)C[C@H]1CCCO1)C1CC1. The van der Waals surface area contributed by atoms with Crippen molar-refractivity contribution < 1.29 is 14.6 Å². The van der Waals surface area contributed by atoms with Crippen LogP contribution in [0.1, 0.15) is 38.2 Å². The Bertz CT molecular complexity index is 677. The van der Waals surface area contributed by atoms with Crippen LogP contribution < -0.4 is 5.32 Å². The molecule has 0 unspecified atom stereocenters. The summed E-state index contributed by atoms with van der Waals surface area (Å²) in [6, 6.07) is 9.43. The lowest BCUT2D eigenvalue weighted by Gasteiger charge is -2.28. The molecule has 1 aromatic carbocycles. The van der Waals surface area contributed by atoms with Gasteiger partial charge in [0.1, 0.15) is 11.3 Å². The summed E-state index contributed by atoms with van der Waals surface area (Å²) in [7, 11) is 0. The topological polar surface area (TPSA) is 85.6 Å². The van der Waals surface area contributed by atoms with Crippen molar-refractivity contribution in [3.05, 3.63) is 29.8 Å². The minimum absolute atomic E-state index is 0.111.